The Labute approximate surface area is 155 Å². The lowest BCUT2D eigenvalue weighted by atomic mass is 9.85. The Kier molecular flexibility index (Phi) is 10.3. The first-order valence-corrected chi connectivity index (χ1v) is 8.45. The summed E-state index contributed by atoms with van der Waals surface area (Å²) in [6, 6.07) is 1.83. The molecule has 0 aliphatic heterocycles. The minimum Gasteiger partial charge on any atom is -0.469 e. The number of rotatable bonds is 7. The maximum absolute atomic E-state index is 12.1. The first kappa shape index (κ1) is 23.7. The van der Waals surface area contributed by atoms with Crippen LogP contribution >= 0.6 is 0 Å². The van der Waals surface area contributed by atoms with Gasteiger partial charge >= 0.3 is 5.97 Å². The van der Waals surface area contributed by atoms with Crippen LogP contribution in [0.5, 0.6) is 0 Å². The number of nitrogens with two attached hydrogens (primary N) is 2. The molecule has 1 aromatic rings. The zero-order chi connectivity index (χ0) is 20.3. The average Bonchev–Trinajstić information content (AvgIpc) is 2.55. The van der Waals surface area contributed by atoms with E-state index >= 15 is 0 Å². The summed E-state index contributed by atoms with van der Waals surface area (Å²) >= 11 is 0. The number of aliphatic imine (C=N–C) groups is 1. The Bertz CT molecular complexity index is 642. The van der Waals surface area contributed by atoms with Crippen molar-refractivity contribution in [2.75, 3.05) is 14.2 Å². The Morgan fingerprint density at radius 1 is 1.27 bits per heavy atom. The number of hydrogen-bond acceptors (Lipinski definition) is 5. The highest BCUT2D eigenvalue weighted by molar-refractivity contribution is 6.03. The van der Waals surface area contributed by atoms with E-state index in [0.29, 0.717) is 5.69 Å². The van der Waals surface area contributed by atoms with Crippen LogP contribution < -0.4 is 11.2 Å². The molecule has 1 amide bonds. The number of carbonyl (C=O) groups is 2. The van der Waals surface area contributed by atoms with Crippen LogP contribution in [0.3, 0.4) is 0 Å². The number of amides is 1. The fourth-order valence-corrected chi connectivity index (χ4v) is 2.23. The zero-order valence-electron chi connectivity index (χ0n) is 16.8. The number of quaternary nitrogens is 1. The van der Waals surface area contributed by atoms with Gasteiger partial charge in [0.2, 0.25) is 5.91 Å². The molecule has 1 aromatic heterocycles. The molecule has 0 unspecified atom stereocenters. The predicted molar refractivity (Wildman–Crippen MR) is 99.7 cm³/mol. The second-order valence-electron chi connectivity index (χ2n) is 6.27. The molecule has 1 heterocycles. The zero-order valence-corrected chi connectivity index (χ0v) is 16.8. The second kappa shape index (κ2) is 11.3. The van der Waals surface area contributed by atoms with Crippen LogP contribution in [0.1, 0.15) is 51.8 Å². The number of aryl methyl sites for hydroxylation is 1. The summed E-state index contributed by atoms with van der Waals surface area (Å²) in [5.41, 5.74) is 8.91. The van der Waals surface area contributed by atoms with E-state index in [1.807, 2.05) is 26.8 Å². The first-order chi connectivity index (χ1) is 12.2. The third-order valence-electron chi connectivity index (χ3n) is 3.32. The fraction of sp³-hybridized carbons (Fsp3) is 0.556. The highest BCUT2D eigenvalue weighted by Crippen LogP contribution is 2.26. The summed E-state index contributed by atoms with van der Waals surface area (Å²) in [6.45, 7) is 9.42. The fourth-order valence-electron chi connectivity index (χ4n) is 2.23. The van der Waals surface area contributed by atoms with Crippen LogP contribution in [0.15, 0.2) is 17.3 Å². The number of methoxy groups -OCH3 is 1. The lowest BCUT2D eigenvalue weighted by Gasteiger charge is -2.20. The lowest BCUT2D eigenvalue weighted by molar-refractivity contribution is -0.830. The highest BCUT2D eigenvalue weighted by atomic mass is 16.6. The number of esters is 1. The topological polar surface area (TPSA) is 120 Å². The van der Waals surface area contributed by atoms with Gasteiger partial charge in [-0.1, -0.05) is 27.7 Å². The quantitative estimate of drug-likeness (QED) is 0.325. The molecule has 0 atom stereocenters. The van der Waals surface area contributed by atoms with E-state index in [-0.39, 0.29) is 24.6 Å². The van der Waals surface area contributed by atoms with Gasteiger partial charge in [-0.05, 0) is 17.9 Å². The molecule has 0 aliphatic rings. The van der Waals surface area contributed by atoms with Crippen LogP contribution in [-0.4, -0.2) is 36.9 Å². The minimum atomic E-state index is -0.562. The van der Waals surface area contributed by atoms with Gasteiger partial charge in [-0.25, -0.2) is 9.82 Å². The van der Waals surface area contributed by atoms with Crippen molar-refractivity contribution in [1.82, 2.24) is 4.98 Å². The summed E-state index contributed by atoms with van der Waals surface area (Å²) in [4.78, 5) is 36.5. The van der Waals surface area contributed by atoms with Crippen LogP contribution in [-0.2, 0) is 19.2 Å². The first-order valence-electron chi connectivity index (χ1n) is 8.45. The summed E-state index contributed by atoms with van der Waals surface area (Å²) in [7, 11) is 2.86. The van der Waals surface area contributed by atoms with Crippen LogP contribution in [0.25, 0.3) is 0 Å². The van der Waals surface area contributed by atoms with Crippen LogP contribution in [0.4, 0.5) is 5.69 Å². The van der Waals surface area contributed by atoms with Crippen molar-refractivity contribution in [1.29, 1.82) is 0 Å². The molecule has 0 saturated heterocycles. The van der Waals surface area contributed by atoms with E-state index < -0.39 is 11.3 Å². The van der Waals surface area contributed by atoms with Crippen molar-refractivity contribution in [3.63, 3.8) is 0 Å². The monoisotopic (exact) mass is 367 g/mol. The van der Waals surface area contributed by atoms with Crippen molar-refractivity contribution in [2.24, 2.45) is 16.1 Å². The number of hydrogen-bond donors (Lipinski definition) is 2. The molecule has 8 nitrogen and oxygen atoms in total. The van der Waals surface area contributed by atoms with E-state index in [4.69, 9.17) is 10.6 Å². The molecule has 0 bridgehead atoms. The predicted octanol–water partition coefficient (Wildman–Crippen LogP) is 1.38. The Morgan fingerprint density at radius 3 is 2.38 bits per heavy atom. The van der Waals surface area contributed by atoms with Gasteiger partial charge in [-0.15, -0.1) is 0 Å². The van der Waals surface area contributed by atoms with Gasteiger partial charge in [0.05, 0.1) is 26.8 Å². The van der Waals surface area contributed by atoms with Gasteiger partial charge in [0.1, 0.15) is 5.69 Å². The Hall–Kier alpha value is -2.32. The summed E-state index contributed by atoms with van der Waals surface area (Å²) in [6.07, 6.45) is 1.79. The van der Waals surface area contributed by atoms with Gasteiger partial charge < -0.3 is 10.5 Å². The molecule has 1 rings (SSSR count). The standard InChI is InChI=1S/C16H24N4O4.C2H6/c1-10-6-11(20-24-5)9-18-14(10)15(17)19-12(21)7-16(2,3)8-13(22)23-4;1-2/h6,9,20H,7-8H2,1-5H3,(H2,17,19,21);1-2H3/p+1. The van der Waals surface area contributed by atoms with E-state index in [1.165, 1.54) is 7.11 Å². The Balaban J connectivity index is 0.00000301. The molecule has 0 fully saturated rings. The van der Waals surface area contributed by atoms with Crippen molar-refractivity contribution in [3.05, 3.63) is 23.5 Å². The molecular weight excluding hydrogens is 336 g/mol. The molecule has 8 heteroatoms. The maximum Gasteiger partial charge on any atom is 0.306 e. The van der Waals surface area contributed by atoms with Crippen molar-refractivity contribution < 1.29 is 24.6 Å². The highest BCUT2D eigenvalue weighted by Gasteiger charge is 2.26. The maximum atomic E-state index is 12.1. The van der Waals surface area contributed by atoms with Crippen molar-refractivity contribution >= 4 is 23.4 Å². The van der Waals surface area contributed by atoms with E-state index in [2.05, 4.69) is 14.7 Å². The summed E-state index contributed by atoms with van der Waals surface area (Å²) < 4.78 is 4.63. The molecule has 4 N–H and O–H groups in total. The molecule has 26 heavy (non-hydrogen) atoms. The lowest BCUT2D eigenvalue weighted by Crippen LogP contribution is -2.76. The second-order valence-corrected chi connectivity index (χ2v) is 6.27. The van der Waals surface area contributed by atoms with E-state index in [9.17, 15) is 9.59 Å². The minimum absolute atomic E-state index is 0.0512. The number of pyridine rings is 1. The number of ether oxygens (including phenoxy) is 1. The van der Waals surface area contributed by atoms with Gasteiger partial charge in [0, 0.05) is 12.5 Å². The normalized spacial score (nSPS) is 11.4. The smallest absolute Gasteiger partial charge is 0.306 e. The molecule has 0 radical (unpaired) electrons. The van der Waals surface area contributed by atoms with Gasteiger partial charge in [0.25, 0.3) is 0 Å². The molecule has 0 spiro atoms. The molecule has 0 aliphatic carbocycles. The van der Waals surface area contributed by atoms with Gasteiger partial charge in [-0.3, -0.25) is 9.59 Å². The third kappa shape index (κ3) is 8.17. The molecule has 0 aromatic carbocycles. The average molecular weight is 367 g/mol. The third-order valence-corrected chi connectivity index (χ3v) is 3.32. The number of nitrogens with zero attached hydrogens (tertiary/aromatic N) is 2. The Morgan fingerprint density at radius 2 is 1.88 bits per heavy atom. The summed E-state index contributed by atoms with van der Waals surface area (Å²) in [5, 5.41) is 0. The SMILES string of the molecule is CC.CO[NH2+]c1cnc(C(N)=NC(=O)CC(C)(C)CC(=O)OC)c(C)c1. The van der Waals surface area contributed by atoms with Gasteiger partial charge in [-0.2, -0.15) is 10.5 Å². The van der Waals surface area contributed by atoms with Crippen LogP contribution in [0.2, 0.25) is 0 Å². The molecule has 0 saturated carbocycles. The number of amidine groups is 1. The van der Waals surface area contributed by atoms with Gasteiger partial charge in [0.15, 0.2) is 11.5 Å². The van der Waals surface area contributed by atoms with Crippen molar-refractivity contribution in [2.45, 2.75) is 47.5 Å². The number of carbonyl (C=O) groups excluding carboxylic acids is 2. The van der Waals surface area contributed by atoms with Crippen LogP contribution in [0, 0.1) is 12.3 Å². The molecular formula is C18H31N4O4+. The van der Waals surface area contributed by atoms with Crippen molar-refractivity contribution in [3.8, 4) is 0 Å². The summed E-state index contributed by atoms with van der Waals surface area (Å²) in [5.74, 6) is -0.724. The molecule has 146 valence electrons. The van der Waals surface area contributed by atoms with E-state index in [0.717, 1.165) is 11.3 Å². The largest absolute Gasteiger partial charge is 0.469 e. The number of aromatic nitrogens is 1. The van der Waals surface area contributed by atoms with E-state index in [1.54, 1.807) is 32.6 Å².